The zero-order valence-electron chi connectivity index (χ0n) is 9.28. The molecule has 1 atom stereocenters. The highest BCUT2D eigenvalue weighted by atomic mass is 19.1. The summed E-state index contributed by atoms with van der Waals surface area (Å²) in [4.78, 5) is 10.9. The molecule has 0 radical (unpaired) electrons. The Kier molecular flexibility index (Phi) is 3.02. The van der Waals surface area contributed by atoms with Gasteiger partial charge in [-0.15, -0.1) is 0 Å². The van der Waals surface area contributed by atoms with Crippen molar-refractivity contribution in [1.82, 2.24) is 0 Å². The van der Waals surface area contributed by atoms with Gasteiger partial charge in [-0.1, -0.05) is 0 Å². The first-order valence-corrected chi connectivity index (χ1v) is 5.42. The maximum absolute atomic E-state index is 13.3. The minimum atomic E-state index is -0.937. The van der Waals surface area contributed by atoms with Gasteiger partial charge >= 0.3 is 5.97 Å². The number of fused-ring (bicyclic) bond motifs is 1. The number of ether oxygens (including phenoxy) is 1. The summed E-state index contributed by atoms with van der Waals surface area (Å²) in [5.41, 5.74) is 5.55. The molecular formula is C12H14FNO3. The van der Waals surface area contributed by atoms with Crippen molar-refractivity contribution >= 4 is 5.97 Å². The first-order valence-electron chi connectivity index (χ1n) is 5.42. The molecular weight excluding hydrogens is 225 g/mol. The van der Waals surface area contributed by atoms with Crippen molar-refractivity contribution < 1.29 is 19.0 Å². The summed E-state index contributed by atoms with van der Waals surface area (Å²) in [6.07, 6.45) is 0.384. The predicted octanol–water partition coefficient (Wildman–Crippen LogP) is 1.28. The van der Waals surface area contributed by atoms with Crippen LogP contribution in [0, 0.1) is 5.82 Å². The Morgan fingerprint density at radius 3 is 3.00 bits per heavy atom. The molecule has 17 heavy (non-hydrogen) atoms. The molecule has 92 valence electrons. The summed E-state index contributed by atoms with van der Waals surface area (Å²) < 4.78 is 18.7. The molecule has 1 aromatic carbocycles. The van der Waals surface area contributed by atoms with E-state index in [1.165, 1.54) is 18.2 Å². The van der Waals surface area contributed by atoms with E-state index in [9.17, 15) is 9.18 Å². The van der Waals surface area contributed by atoms with Crippen LogP contribution in [-0.4, -0.2) is 24.2 Å². The molecule has 0 bridgehead atoms. The molecule has 1 heterocycles. The summed E-state index contributed by atoms with van der Waals surface area (Å²) in [5, 5.41) is 8.97. The molecule has 4 nitrogen and oxygen atoms in total. The highest BCUT2D eigenvalue weighted by Gasteiger charge is 2.38. The number of carbonyl (C=O) groups is 1. The summed E-state index contributed by atoms with van der Waals surface area (Å²) in [5.74, 6) is -0.811. The van der Waals surface area contributed by atoms with E-state index >= 15 is 0 Å². The maximum Gasteiger partial charge on any atom is 0.304 e. The first-order chi connectivity index (χ1) is 8.07. The van der Waals surface area contributed by atoms with Gasteiger partial charge in [0.1, 0.15) is 11.6 Å². The maximum atomic E-state index is 13.3. The number of benzene rings is 1. The fraction of sp³-hybridized carbons (Fsp3) is 0.417. The SMILES string of the molecule is NCC1(CC(=O)O)CCOc2ccc(F)cc21. The lowest BCUT2D eigenvalue weighted by molar-refractivity contribution is -0.138. The third-order valence-corrected chi connectivity index (χ3v) is 3.23. The van der Waals surface area contributed by atoms with Gasteiger partial charge in [0.15, 0.2) is 0 Å². The molecule has 1 unspecified atom stereocenters. The Balaban J connectivity index is 2.49. The van der Waals surface area contributed by atoms with Gasteiger partial charge in [0.2, 0.25) is 0 Å². The second-order valence-electron chi connectivity index (χ2n) is 4.29. The lowest BCUT2D eigenvalue weighted by Gasteiger charge is -2.36. The second kappa shape index (κ2) is 4.33. The zero-order chi connectivity index (χ0) is 12.5. The van der Waals surface area contributed by atoms with E-state index in [1.54, 1.807) is 0 Å². The largest absolute Gasteiger partial charge is 0.493 e. The highest BCUT2D eigenvalue weighted by Crippen LogP contribution is 2.40. The lowest BCUT2D eigenvalue weighted by atomic mass is 9.73. The van der Waals surface area contributed by atoms with Crippen molar-refractivity contribution in [3.63, 3.8) is 0 Å². The molecule has 1 aliphatic heterocycles. The Labute approximate surface area is 98.2 Å². The molecule has 0 spiro atoms. The van der Waals surface area contributed by atoms with E-state index in [2.05, 4.69) is 0 Å². The molecule has 3 N–H and O–H groups in total. The van der Waals surface area contributed by atoms with Crippen LogP contribution in [0.3, 0.4) is 0 Å². The normalized spacial score (nSPS) is 22.7. The van der Waals surface area contributed by atoms with E-state index in [-0.39, 0.29) is 13.0 Å². The van der Waals surface area contributed by atoms with Crippen LogP contribution in [0.4, 0.5) is 4.39 Å². The van der Waals surface area contributed by atoms with Gasteiger partial charge in [-0.2, -0.15) is 0 Å². The highest BCUT2D eigenvalue weighted by molar-refractivity contribution is 5.70. The molecule has 5 heteroatoms. The fourth-order valence-corrected chi connectivity index (χ4v) is 2.29. The van der Waals surface area contributed by atoms with E-state index in [1.807, 2.05) is 0 Å². The van der Waals surface area contributed by atoms with Crippen molar-refractivity contribution in [3.8, 4) is 5.75 Å². The summed E-state index contributed by atoms with van der Waals surface area (Å²) >= 11 is 0. The van der Waals surface area contributed by atoms with E-state index in [4.69, 9.17) is 15.6 Å². The Bertz CT molecular complexity index is 449. The first kappa shape index (κ1) is 11.9. The van der Waals surface area contributed by atoms with Crippen LogP contribution in [0.15, 0.2) is 18.2 Å². The average molecular weight is 239 g/mol. The van der Waals surface area contributed by atoms with Gasteiger partial charge in [-0.25, -0.2) is 4.39 Å². The predicted molar refractivity (Wildman–Crippen MR) is 59.5 cm³/mol. The number of hydrogen-bond donors (Lipinski definition) is 2. The van der Waals surface area contributed by atoms with Gasteiger partial charge < -0.3 is 15.6 Å². The summed E-state index contributed by atoms with van der Waals surface area (Å²) in [7, 11) is 0. The Morgan fingerprint density at radius 2 is 2.35 bits per heavy atom. The minimum absolute atomic E-state index is 0.108. The van der Waals surface area contributed by atoms with Gasteiger partial charge in [0.25, 0.3) is 0 Å². The van der Waals surface area contributed by atoms with Gasteiger partial charge in [0.05, 0.1) is 13.0 Å². The van der Waals surface area contributed by atoms with E-state index in [0.29, 0.717) is 24.3 Å². The lowest BCUT2D eigenvalue weighted by Crippen LogP contribution is -2.41. The Morgan fingerprint density at radius 1 is 1.59 bits per heavy atom. The standard InChI is InChI=1S/C12H14FNO3/c13-8-1-2-10-9(5-8)12(7-14,3-4-17-10)6-11(15)16/h1-2,5H,3-4,6-7,14H2,(H,15,16). The number of nitrogens with two attached hydrogens (primary N) is 1. The number of aliphatic carboxylic acids is 1. The number of carboxylic acid groups (broad SMARTS) is 1. The van der Waals surface area contributed by atoms with Gasteiger partial charge in [0, 0.05) is 17.5 Å². The van der Waals surface area contributed by atoms with E-state index in [0.717, 1.165) is 0 Å². The molecule has 1 aliphatic rings. The smallest absolute Gasteiger partial charge is 0.304 e. The zero-order valence-corrected chi connectivity index (χ0v) is 9.28. The van der Waals surface area contributed by atoms with Crippen LogP contribution in [0.25, 0.3) is 0 Å². The van der Waals surface area contributed by atoms with Crippen molar-refractivity contribution in [2.24, 2.45) is 5.73 Å². The monoisotopic (exact) mass is 239 g/mol. The molecule has 0 aliphatic carbocycles. The molecule has 0 saturated heterocycles. The molecule has 0 fully saturated rings. The average Bonchev–Trinajstić information content (AvgIpc) is 2.29. The molecule has 0 aromatic heterocycles. The fourth-order valence-electron chi connectivity index (χ4n) is 2.29. The van der Waals surface area contributed by atoms with Crippen LogP contribution in [-0.2, 0) is 10.2 Å². The molecule has 2 rings (SSSR count). The van der Waals surface area contributed by atoms with Crippen molar-refractivity contribution in [3.05, 3.63) is 29.6 Å². The van der Waals surface area contributed by atoms with Gasteiger partial charge in [-0.05, 0) is 24.6 Å². The summed E-state index contributed by atoms with van der Waals surface area (Å²) in [6, 6.07) is 4.15. The number of rotatable bonds is 3. The number of carboxylic acids is 1. The number of hydrogen-bond acceptors (Lipinski definition) is 3. The molecule has 1 aromatic rings. The number of halogens is 1. The van der Waals surface area contributed by atoms with Crippen LogP contribution in [0.2, 0.25) is 0 Å². The Hall–Kier alpha value is -1.62. The summed E-state index contributed by atoms with van der Waals surface area (Å²) in [6.45, 7) is 0.572. The van der Waals surface area contributed by atoms with Crippen LogP contribution in [0.1, 0.15) is 18.4 Å². The third kappa shape index (κ3) is 2.10. The minimum Gasteiger partial charge on any atom is -0.493 e. The van der Waals surface area contributed by atoms with Crippen LogP contribution >= 0.6 is 0 Å². The molecule has 0 saturated carbocycles. The quantitative estimate of drug-likeness (QED) is 0.833. The second-order valence-corrected chi connectivity index (χ2v) is 4.29. The molecule has 0 amide bonds. The van der Waals surface area contributed by atoms with Crippen molar-refractivity contribution in [2.45, 2.75) is 18.3 Å². The van der Waals surface area contributed by atoms with E-state index < -0.39 is 17.2 Å². The topological polar surface area (TPSA) is 72.6 Å². The van der Waals surface area contributed by atoms with Crippen LogP contribution in [0.5, 0.6) is 5.75 Å². The third-order valence-electron chi connectivity index (χ3n) is 3.23. The van der Waals surface area contributed by atoms with Crippen LogP contribution < -0.4 is 10.5 Å². The van der Waals surface area contributed by atoms with Gasteiger partial charge in [-0.3, -0.25) is 4.79 Å². The van der Waals surface area contributed by atoms with Crippen molar-refractivity contribution in [1.29, 1.82) is 0 Å². The van der Waals surface area contributed by atoms with Crippen molar-refractivity contribution in [2.75, 3.05) is 13.2 Å².